The second-order valence-corrected chi connectivity index (χ2v) is 5.95. The number of hydrogen-bond donors (Lipinski definition) is 2. The normalized spacial score (nSPS) is 11.2. The average Bonchev–Trinajstić information content (AvgIpc) is 2.64. The average molecular weight is 410 g/mol. The molecule has 10 heteroatoms. The largest absolute Gasteiger partial charge is 0.573 e. The molecule has 1 aromatic carbocycles. The van der Waals surface area contributed by atoms with Crippen molar-refractivity contribution in [1.82, 2.24) is 15.0 Å². The Morgan fingerprint density at radius 3 is 2.46 bits per heavy atom. The summed E-state index contributed by atoms with van der Waals surface area (Å²) in [6, 6.07) is 9.19. The second kappa shape index (κ2) is 8.30. The van der Waals surface area contributed by atoms with Gasteiger partial charge in [0.2, 0.25) is 5.95 Å². The summed E-state index contributed by atoms with van der Waals surface area (Å²) in [5, 5.41) is 5.87. The van der Waals surface area contributed by atoms with Crippen molar-refractivity contribution in [3.8, 4) is 17.0 Å². The van der Waals surface area contributed by atoms with Crippen molar-refractivity contribution in [1.29, 1.82) is 0 Å². The standard InChI is InChI=1S/C18H15ClF3N5O/c1-2-24-17-26-14(11-5-7-23-8-6-11)10-16(27-17)25-12-3-4-15(13(19)9-12)28-18(20,21)22/h3-10H,2H2,1H3,(H2,24,25,26,27). The highest BCUT2D eigenvalue weighted by Crippen LogP contribution is 2.33. The Labute approximate surface area is 163 Å². The van der Waals surface area contributed by atoms with Crippen LogP contribution in [-0.4, -0.2) is 27.9 Å². The lowest BCUT2D eigenvalue weighted by Gasteiger charge is -2.13. The van der Waals surface area contributed by atoms with Gasteiger partial charge in [-0.3, -0.25) is 4.98 Å². The van der Waals surface area contributed by atoms with Gasteiger partial charge in [0.15, 0.2) is 0 Å². The van der Waals surface area contributed by atoms with Gasteiger partial charge in [0.1, 0.15) is 11.6 Å². The van der Waals surface area contributed by atoms with Crippen LogP contribution in [-0.2, 0) is 0 Å². The molecule has 3 rings (SSSR count). The Morgan fingerprint density at radius 2 is 1.82 bits per heavy atom. The molecule has 0 radical (unpaired) electrons. The summed E-state index contributed by atoms with van der Waals surface area (Å²) >= 11 is 5.89. The van der Waals surface area contributed by atoms with Crippen LogP contribution < -0.4 is 15.4 Å². The van der Waals surface area contributed by atoms with E-state index in [2.05, 4.69) is 30.3 Å². The summed E-state index contributed by atoms with van der Waals surface area (Å²) < 4.78 is 41.0. The Morgan fingerprint density at radius 1 is 1.07 bits per heavy atom. The number of aromatic nitrogens is 3. The van der Waals surface area contributed by atoms with E-state index in [4.69, 9.17) is 11.6 Å². The molecule has 2 N–H and O–H groups in total. The van der Waals surface area contributed by atoms with Crippen LogP contribution in [0.25, 0.3) is 11.3 Å². The monoisotopic (exact) mass is 409 g/mol. The molecule has 6 nitrogen and oxygen atoms in total. The van der Waals surface area contributed by atoms with Crippen LogP contribution >= 0.6 is 11.6 Å². The van der Waals surface area contributed by atoms with Gasteiger partial charge in [-0.05, 0) is 37.3 Å². The Bertz CT molecular complexity index is 954. The van der Waals surface area contributed by atoms with Crippen molar-refractivity contribution in [2.24, 2.45) is 0 Å². The van der Waals surface area contributed by atoms with Crippen LogP contribution in [0.2, 0.25) is 5.02 Å². The number of halogens is 4. The van der Waals surface area contributed by atoms with Gasteiger partial charge in [-0.2, -0.15) is 4.98 Å². The quantitative estimate of drug-likeness (QED) is 0.578. The van der Waals surface area contributed by atoms with Crippen LogP contribution in [0.1, 0.15) is 6.92 Å². The Kier molecular flexibility index (Phi) is 5.84. The molecule has 0 saturated carbocycles. The van der Waals surface area contributed by atoms with Gasteiger partial charge in [0.25, 0.3) is 0 Å². The molecule has 146 valence electrons. The molecule has 0 aliphatic carbocycles. The minimum Gasteiger partial charge on any atom is -0.404 e. The van der Waals surface area contributed by atoms with Crippen molar-refractivity contribution in [2.45, 2.75) is 13.3 Å². The maximum Gasteiger partial charge on any atom is 0.573 e. The molecular weight excluding hydrogens is 395 g/mol. The smallest absolute Gasteiger partial charge is 0.404 e. The summed E-state index contributed by atoms with van der Waals surface area (Å²) in [5.74, 6) is 0.369. The van der Waals surface area contributed by atoms with E-state index in [9.17, 15) is 13.2 Å². The van der Waals surface area contributed by atoms with Crippen molar-refractivity contribution >= 4 is 29.1 Å². The minimum atomic E-state index is -4.81. The molecule has 0 aliphatic heterocycles. The fourth-order valence-electron chi connectivity index (χ4n) is 2.35. The van der Waals surface area contributed by atoms with Crippen molar-refractivity contribution < 1.29 is 17.9 Å². The van der Waals surface area contributed by atoms with Gasteiger partial charge in [0.05, 0.1) is 10.7 Å². The first kappa shape index (κ1) is 19.7. The fraction of sp³-hybridized carbons (Fsp3) is 0.167. The molecule has 0 spiro atoms. The first-order chi connectivity index (χ1) is 13.3. The summed E-state index contributed by atoms with van der Waals surface area (Å²) in [5.41, 5.74) is 1.94. The minimum absolute atomic E-state index is 0.183. The first-order valence-electron chi connectivity index (χ1n) is 8.20. The highest BCUT2D eigenvalue weighted by Gasteiger charge is 2.32. The van der Waals surface area contributed by atoms with E-state index < -0.39 is 12.1 Å². The third-order valence-corrected chi connectivity index (χ3v) is 3.76. The topological polar surface area (TPSA) is 72.0 Å². The SMILES string of the molecule is CCNc1nc(Nc2ccc(OC(F)(F)F)c(Cl)c2)cc(-c2ccncc2)n1. The molecule has 0 fully saturated rings. The van der Waals surface area contributed by atoms with Gasteiger partial charge in [-0.1, -0.05) is 11.6 Å². The predicted molar refractivity (Wildman–Crippen MR) is 101 cm³/mol. The Hall–Kier alpha value is -3.07. The molecule has 0 atom stereocenters. The van der Waals surface area contributed by atoms with E-state index in [1.807, 2.05) is 19.1 Å². The van der Waals surface area contributed by atoms with Crippen LogP contribution in [0.3, 0.4) is 0 Å². The third-order valence-electron chi connectivity index (χ3n) is 3.47. The lowest BCUT2D eigenvalue weighted by atomic mass is 10.2. The number of ether oxygens (including phenoxy) is 1. The lowest BCUT2D eigenvalue weighted by molar-refractivity contribution is -0.274. The third kappa shape index (κ3) is 5.23. The van der Waals surface area contributed by atoms with E-state index in [-0.39, 0.29) is 5.02 Å². The number of alkyl halides is 3. The van der Waals surface area contributed by atoms with Crippen molar-refractivity contribution in [3.63, 3.8) is 0 Å². The van der Waals surface area contributed by atoms with Crippen LogP contribution in [0.15, 0.2) is 48.8 Å². The summed E-state index contributed by atoms with van der Waals surface area (Å²) in [6.45, 7) is 2.53. The van der Waals surface area contributed by atoms with Gasteiger partial charge in [-0.15, -0.1) is 13.2 Å². The number of nitrogens with zero attached hydrogens (tertiary/aromatic N) is 3. The molecule has 2 heterocycles. The van der Waals surface area contributed by atoms with Crippen LogP contribution in [0.5, 0.6) is 5.75 Å². The van der Waals surface area contributed by atoms with Crippen LogP contribution in [0.4, 0.5) is 30.6 Å². The van der Waals surface area contributed by atoms with Gasteiger partial charge in [0, 0.05) is 36.3 Å². The maximum absolute atomic E-state index is 12.4. The molecule has 0 unspecified atom stereocenters. The molecule has 0 bridgehead atoms. The molecular formula is C18H15ClF3N5O. The second-order valence-electron chi connectivity index (χ2n) is 5.55. The van der Waals surface area contributed by atoms with E-state index >= 15 is 0 Å². The molecule has 3 aromatic rings. The summed E-state index contributed by atoms with van der Waals surface area (Å²) in [7, 11) is 0. The number of nitrogens with one attached hydrogen (secondary N) is 2. The first-order valence-corrected chi connectivity index (χ1v) is 8.57. The number of benzene rings is 1. The molecule has 0 saturated heterocycles. The number of pyridine rings is 1. The van der Waals surface area contributed by atoms with E-state index in [0.717, 1.165) is 11.6 Å². The zero-order chi connectivity index (χ0) is 20.1. The van der Waals surface area contributed by atoms with Gasteiger partial charge < -0.3 is 15.4 Å². The zero-order valence-corrected chi connectivity index (χ0v) is 15.3. The Balaban J connectivity index is 1.89. The predicted octanol–water partition coefficient (Wildman–Crippen LogP) is 5.27. The number of anilines is 3. The number of rotatable bonds is 6. The highest BCUT2D eigenvalue weighted by atomic mass is 35.5. The van der Waals surface area contributed by atoms with E-state index in [0.29, 0.717) is 29.7 Å². The lowest BCUT2D eigenvalue weighted by Crippen LogP contribution is -2.17. The number of hydrogen-bond acceptors (Lipinski definition) is 6. The van der Waals surface area contributed by atoms with Crippen molar-refractivity contribution in [2.75, 3.05) is 17.2 Å². The molecule has 2 aromatic heterocycles. The fourth-order valence-corrected chi connectivity index (χ4v) is 2.57. The molecule has 28 heavy (non-hydrogen) atoms. The maximum atomic E-state index is 12.4. The molecule has 0 amide bonds. The van der Waals surface area contributed by atoms with E-state index in [1.54, 1.807) is 18.5 Å². The summed E-state index contributed by atoms with van der Waals surface area (Å²) in [4.78, 5) is 12.8. The highest BCUT2D eigenvalue weighted by molar-refractivity contribution is 6.32. The van der Waals surface area contributed by atoms with E-state index in [1.165, 1.54) is 12.1 Å². The molecule has 0 aliphatic rings. The zero-order valence-electron chi connectivity index (χ0n) is 14.6. The van der Waals surface area contributed by atoms with Gasteiger partial charge in [-0.25, -0.2) is 4.98 Å². The van der Waals surface area contributed by atoms with Crippen molar-refractivity contribution in [3.05, 3.63) is 53.8 Å². The van der Waals surface area contributed by atoms with Crippen LogP contribution in [0, 0.1) is 0 Å². The van der Waals surface area contributed by atoms with Gasteiger partial charge >= 0.3 is 6.36 Å². The summed E-state index contributed by atoms with van der Waals surface area (Å²) in [6.07, 6.45) is -1.52.